The van der Waals surface area contributed by atoms with Crippen LogP contribution < -0.4 is 15.8 Å². The van der Waals surface area contributed by atoms with Gasteiger partial charge in [0.05, 0.1) is 22.3 Å². The van der Waals surface area contributed by atoms with Gasteiger partial charge in [0.1, 0.15) is 5.82 Å². The van der Waals surface area contributed by atoms with Crippen LogP contribution in [0.3, 0.4) is 0 Å². The fraction of sp³-hybridized carbons (Fsp3) is 0.308. The highest BCUT2D eigenvalue weighted by atomic mass is 32.2. The molecule has 8 heteroatoms. The summed E-state index contributed by atoms with van der Waals surface area (Å²) < 4.78 is 26.0. The fourth-order valence-corrected chi connectivity index (χ4v) is 2.72. The van der Waals surface area contributed by atoms with E-state index in [1.807, 2.05) is 6.92 Å². The molecular weight excluding hydrogens is 290 g/mol. The molecule has 1 aromatic carbocycles. The van der Waals surface area contributed by atoms with E-state index in [-0.39, 0.29) is 10.9 Å². The number of sulfonamides is 1. The summed E-state index contributed by atoms with van der Waals surface area (Å²) in [7, 11) is -2.13. The summed E-state index contributed by atoms with van der Waals surface area (Å²) in [5.41, 5.74) is 6.97. The first kappa shape index (κ1) is 15.3. The van der Waals surface area contributed by atoms with Crippen LogP contribution in [0.1, 0.15) is 25.2 Å². The van der Waals surface area contributed by atoms with Gasteiger partial charge in [-0.05, 0) is 31.7 Å². The molecule has 0 fully saturated rings. The Kier molecular flexibility index (Phi) is 4.49. The van der Waals surface area contributed by atoms with Gasteiger partial charge in [-0.1, -0.05) is 6.92 Å². The third-order valence-corrected chi connectivity index (χ3v) is 4.60. The molecule has 0 aliphatic heterocycles. The van der Waals surface area contributed by atoms with Crippen LogP contribution in [0.4, 0.5) is 11.4 Å². The lowest BCUT2D eigenvalue weighted by Crippen LogP contribution is -2.19. The van der Waals surface area contributed by atoms with Gasteiger partial charge in [-0.2, -0.15) is 0 Å². The van der Waals surface area contributed by atoms with Gasteiger partial charge in [0.25, 0.3) is 0 Å². The van der Waals surface area contributed by atoms with Crippen molar-refractivity contribution in [3.63, 3.8) is 0 Å². The molecule has 0 aliphatic rings. The zero-order valence-corrected chi connectivity index (χ0v) is 12.7. The largest absolute Gasteiger partial charge is 0.397 e. The molecule has 1 atom stereocenters. The number of nitrogen functional groups attached to an aromatic ring is 1. The zero-order valence-electron chi connectivity index (χ0n) is 11.9. The maximum atomic E-state index is 11.9. The van der Waals surface area contributed by atoms with Crippen molar-refractivity contribution in [2.24, 2.45) is 0 Å². The first-order valence-electron chi connectivity index (χ1n) is 6.56. The minimum atomic E-state index is -3.50. The monoisotopic (exact) mass is 309 g/mol. The molecule has 1 aromatic heterocycles. The highest BCUT2D eigenvalue weighted by Gasteiger charge is 2.16. The van der Waals surface area contributed by atoms with Crippen molar-refractivity contribution < 1.29 is 8.42 Å². The number of imidazole rings is 1. The molecule has 2 rings (SSSR count). The van der Waals surface area contributed by atoms with E-state index < -0.39 is 10.0 Å². The molecule has 21 heavy (non-hydrogen) atoms. The molecule has 1 heterocycles. The molecule has 1 unspecified atom stereocenters. The molecule has 0 radical (unpaired) electrons. The smallest absolute Gasteiger partial charge is 0.240 e. The molecule has 0 saturated heterocycles. The van der Waals surface area contributed by atoms with E-state index in [4.69, 9.17) is 5.73 Å². The number of benzene rings is 1. The van der Waals surface area contributed by atoms with E-state index in [0.29, 0.717) is 11.4 Å². The lowest BCUT2D eigenvalue weighted by atomic mass is 10.2. The molecule has 0 saturated carbocycles. The van der Waals surface area contributed by atoms with E-state index in [1.165, 1.54) is 19.2 Å². The average molecular weight is 309 g/mol. The Balaban J connectivity index is 2.33. The molecule has 0 bridgehead atoms. The molecule has 5 N–H and O–H groups in total. The number of hydrogen-bond donors (Lipinski definition) is 4. The predicted molar refractivity (Wildman–Crippen MR) is 82.3 cm³/mol. The van der Waals surface area contributed by atoms with Crippen LogP contribution >= 0.6 is 0 Å². The lowest BCUT2D eigenvalue weighted by molar-refractivity contribution is 0.588. The van der Waals surface area contributed by atoms with E-state index in [2.05, 4.69) is 20.0 Å². The van der Waals surface area contributed by atoms with Crippen molar-refractivity contribution >= 4 is 21.4 Å². The summed E-state index contributed by atoms with van der Waals surface area (Å²) in [6.45, 7) is 2.00. The van der Waals surface area contributed by atoms with Gasteiger partial charge < -0.3 is 16.0 Å². The van der Waals surface area contributed by atoms with Crippen LogP contribution in [0.25, 0.3) is 0 Å². The Labute approximate surface area is 124 Å². The van der Waals surface area contributed by atoms with Crippen LogP contribution in [-0.4, -0.2) is 25.4 Å². The number of rotatable bonds is 6. The highest BCUT2D eigenvalue weighted by molar-refractivity contribution is 7.89. The first-order chi connectivity index (χ1) is 9.97. The van der Waals surface area contributed by atoms with Crippen molar-refractivity contribution in [1.29, 1.82) is 0 Å². The van der Waals surface area contributed by atoms with Gasteiger partial charge in [0.15, 0.2) is 0 Å². The van der Waals surface area contributed by atoms with Crippen molar-refractivity contribution in [2.75, 3.05) is 18.1 Å². The normalized spacial score (nSPS) is 13.0. The average Bonchev–Trinajstić information content (AvgIpc) is 3.00. The third kappa shape index (κ3) is 3.34. The molecule has 2 aromatic rings. The second-order valence-corrected chi connectivity index (χ2v) is 6.42. The van der Waals surface area contributed by atoms with Gasteiger partial charge in [-0.15, -0.1) is 0 Å². The Morgan fingerprint density at radius 2 is 2.19 bits per heavy atom. The van der Waals surface area contributed by atoms with E-state index in [9.17, 15) is 8.42 Å². The number of aromatic amines is 1. The summed E-state index contributed by atoms with van der Waals surface area (Å²) in [5.74, 6) is 0.777. The lowest BCUT2D eigenvalue weighted by Gasteiger charge is -2.18. The predicted octanol–water partition coefficient (Wildman–Crippen LogP) is 1.46. The Morgan fingerprint density at radius 1 is 1.43 bits per heavy atom. The van der Waals surface area contributed by atoms with Crippen LogP contribution in [0.2, 0.25) is 0 Å². The van der Waals surface area contributed by atoms with Gasteiger partial charge in [-0.3, -0.25) is 0 Å². The van der Waals surface area contributed by atoms with Crippen molar-refractivity contribution in [1.82, 2.24) is 14.7 Å². The maximum absolute atomic E-state index is 11.9. The van der Waals surface area contributed by atoms with Crippen molar-refractivity contribution in [2.45, 2.75) is 24.3 Å². The Bertz CT molecular complexity index is 697. The quantitative estimate of drug-likeness (QED) is 0.603. The topological polar surface area (TPSA) is 113 Å². The van der Waals surface area contributed by atoms with Crippen LogP contribution in [-0.2, 0) is 10.0 Å². The minimum absolute atomic E-state index is 0.0742. The number of hydrogen-bond acceptors (Lipinski definition) is 5. The third-order valence-electron chi connectivity index (χ3n) is 3.19. The van der Waals surface area contributed by atoms with E-state index in [1.54, 1.807) is 18.5 Å². The van der Waals surface area contributed by atoms with Crippen molar-refractivity contribution in [3.8, 4) is 0 Å². The Hall–Kier alpha value is -2.06. The number of aromatic nitrogens is 2. The number of H-pyrrole nitrogens is 1. The number of nitrogens with two attached hydrogens (primary N) is 1. The summed E-state index contributed by atoms with van der Waals surface area (Å²) in [6.07, 6.45) is 4.19. The number of nitrogens with one attached hydrogen (secondary N) is 3. The van der Waals surface area contributed by atoms with Gasteiger partial charge in [0, 0.05) is 12.4 Å². The standard InChI is InChI=1S/C13H19N5O2S/c1-3-11(13-16-6-7-17-13)18-12-8-9(4-5-10(12)14)21(19,20)15-2/h4-8,11,15,18H,3,14H2,1-2H3,(H,16,17). The molecule has 0 aliphatic carbocycles. The van der Waals surface area contributed by atoms with Crippen LogP contribution in [0.15, 0.2) is 35.5 Å². The van der Waals surface area contributed by atoms with Gasteiger partial charge in [-0.25, -0.2) is 18.1 Å². The zero-order chi connectivity index (χ0) is 15.5. The number of anilines is 2. The fourth-order valence-electron chi connectivity index (χ4n) is 1.96. The summed E-state index contributed by atoms with van der Waals surface area (Å²) in [5, 5.41) is 3.22. The minimum Gasteiger partial charge on any atom is -0.397 e. The Morgan fingerprint density at radius 3 is 2.76 bits per heavy atom. The van der Waals surface area contributed by atoms with Gasteiger partial charge >= 0.3 is 0 Å². The van der Waals surface area contributed by atoms with E-state index in [0.717, 1.165) is 12.2 Å². The summed E-state index contributed by atoms with van der Waals surface area (Å²) in [6, 6.07) is 4.49. The molecule has 7 nitrogen and oxygen atoms in total. The highest BCUT2D eigenvalue weighted by Crippen LogP contribution is 2.27. The maximum Gasteiger partial charge on any atom is 0.240 e. The second kappa shape index (κ2) is 6.15. The molecule has 114 valence electrons. The van der Waals surface area contributed by atoms with E-state index >= 15 is 0 Å². The SMILES string of the molecule is CCC(Nc1cc(S(=O)(=O)NC)ccc1N)c1ncc[nH]1. The van der Waals surface area contributed by atoms with Crippen molar-refractivity contribution in [3.05, 3.63) is 36.4 Å². The van der Waals surface area contributed by atoms with Gasteiger partial charge in [0.2, 0.25) is 10.0 Å². The molecule has 0 amide bonds. The van der Waals surface area contributed by atoms with Crippen LogP contribution in [0, 0.1) is 0 Å². The molecular formula is C13H19N5O2S. The summed E-state index contributed by atoms with van der Waals surface area (Å²) in [4.78, 5) is 7.41. The number of nitrogens with zero attached hydrogens (tertiary/aromatic N) is 1. The molecule has 0 spiro atoms. The second-order valence-electron chi connectivity index (χ2n) is 4.54. The first-order valence-corrected chi connectivity index (χ1v) is 8.05. The van der Waals surface area contributed by atoms with Crippen LogP contribution in [0.5, 0.6) is 0 Å². The summed E-state index contributed by atoms with van der Waals surface area (Å²) >= 11 is 0.